The summed E-state index contributed by atoms with van der Waals surface area (Å²) >= 11 is 0. The molecular formula is C15H17N3O3. The van der Waals surface area contributed by atoms with E-state index in [0.29, 0.717) is 0 Å². The van der Waals surface area contributed by atoms with Crippen molar-refractivity contribution in [1.29, 1.82) is 0 Å². The highest BCUT2D eigenvalue weighted by Gasteiger charge is 2.22. The lowest BCUT2D eigenvalue weighted by molar-refractivity contribution is -0.162. The normalized spacial score (nSPS) is 11.2. The highest BCUT2D eigenvalue weighted by molar-refractivity contribution is 6.34. The van der Waals surface area contributed by atoms with Crippen molar-refractivity contribution in [2.45, 2.75) is 32.8 Å². The Balaban J connectivity index is 2.08. The van der Waals surface area contributed by atoms with Crippen LogP contribution in [0.5, 0.6) is 0 Å². The summed E-state index contributed by atoms with van der Waals surface area (Å²) in [6.07, 6.45) is 2.99. The van der Waals surface area contributed by atoms with E-state index in [4.69, 9.17) is 4.74 Å². The van der Waals surface area contributed by atoms with Gasteiger partial charge in [0.2, 0.25) is 5.78 Å². The first-order valence-electron chi connectivity index (χ1n) is 6.55. The van der Waals surface area contributed by atoms with E-state index in [1.54, 1.807) is 50.0 Å². The molecule has 2 rings (SSSR count). The van der Waals surface area contributed by atoms with Crippen LogP contribution in [0.4, 0.5) is 0 Å². The van der Waals surface area contributed by atoms with Gasteiger partial charge in [-0.3, -0.25) is 4.79 Å². The van der Waals surface area contributed by atoms with Gasteiger partial charge in [-0.05, 0) is 38.5 Å². The molecule has 1 aromatic heterocycles. The fourth-order valence-electron chi connectivity index (χ4n) is 1.74. The number of hydrogen-bond acceptors (Lipinski definition) is 5. The maximum Gasteiger partial charge on any atom is 0.375 e. The Morgan fingerprint density at radius 2 is 2.05 bits per heavy atom. The summed E-state index contributed by atoms with van der Waals surface area (Å²) in [6.45, 7) is 5.18. The van der Waals surface area contributed by atoms with Gasteiger partial charge in [0, 0.05) is 6.42 Å². The summed E-state index contributed by atoms with van der Waals surface area (Å²) in [5.74, 6) is -1.38. The van der Waals surface area contributed by atoms with Crippen LogP contribution in [0.2, 0.25) is 0 Å². The molecule has 6 nitrogen and oxygen atoms in total. The van der Waals surface area contributed by atoms with Crippen molar-refractivity contribution in [2.75, 3.05) is 0 Å². The van der Waals surface area contributed by atoms with Crippen molar-refractivity contribution in [3.63, 3.8) is 0 Å². The molecule has 0 atom stereocenters. The van der Waals surface area contributed by atoms with Gasteiger partial charge in [0.05, 0.1) is 5.69 Å². The molecule has 1 aromatic carbocycles. The summed E-state index contributed by atoms with van der Waals surface area (Å²) in [5, 5.41) is 4.02. The minimum atomic E-state index is -0.811. The molecule has 0 N–H and O–H groups in total. The minimum Gasteiger partial charge on any atom is -0.454 e. The average Bonchev–Trinajstić information content (AvgIpc) is 2.90. The van der Waals surface area contributed by atoms with Crippen LogP contribution in [0.3, 0.4) is 0 Å². The smallest absolute Gasteiger partial charge is 0.375 e. The number of rotatable bonds is 4. The summed E-state index contributed by atoms with van der Waals surface area (Å²) in [5.41, 5.74) is 0.829. The highest BCUT2D eigenvalue weighted by atomic mass is 16.6. The number of Topliss-reactive ketones (excluding diaryl/α,β-unsaturated/α-hetero) is 1. The molecule has 0 saturated carbocycles. The standard InChI is InChI=1S/C15H17N3O3/c1-15(2,3)21-14(20)13(19)8-11-5-4-6-12(7-11)18-10-16-9-17-18/h4-7,9-10H,8H2,1-3H3. The molecule has 0 fully saturated rings. The molecule has 0 bridgehead atoms. The topological polar surface area (TPSA) is 74.1 Å². The molecule has 2 aromatic rings. The molecule has 6 heteroatoms. The fourth-order valence-corrected chi connectivity index (χ4v) is 1.74. The molecule has 0 aliphatic rings. The number of hydrogen-bond donors (Lipinski definition) is 0. The number of carbonyl (C=O) groups is 2. The van der Waals surface area contributed by atoms with E-state index in [0.717, 1.165) is 11.3 Å². The first kappa shape index (κ1) is 14.9. The van der Waals surface area contributed by atoms with Crippen LogP contribution >= 0.6 is 0 Å². The van der Waals surface area contributed by atoms with Crippen molar-refractivity contribution < 1.29 is 14.3 Å². The maximum absolute atomic E-state index is 11.9. The van der Waals surface area contributed by atoms with Gasteiger partial charge >= 0.3 is 5.97 Å². The fraction of sp³-hybridized carbons (Fsp3) is 0.333. The van der Waals surface area contributed by atoms with Crippen molar-refractivity contribution in [2.24, 2.45) is 0 Å². The van der Waals surface area contributed by atoms with Gasteiger partial charge in [-0.1, -0.05) is 12.1 Å². The predicted octanol–water partition coefficient (Wildman–Crippen LogP) is 1.72. The van der Waals surface area contributed by atoms with E-state index < -0.39 is 17.4 Å². The Labute approximate surface area is 122 Å². The van der Waals surface area contributed by atoms with Crippen molar-refractivity contribution in [1.82, 2.24) is 14.8 Å². The van der Waals surface area contributed by atoms with E-state index in [-0.39, 0.29) is 6.42 Å². The zero-order chi connectivity index (χ0) is 15.5. The molecule has 0 radical (unpaired) electrons. The van der Waals surface area contributed by atoms with Crippen LogP contribution in [0.1, 0.15) is 26.3 Å². The number of ether oxygens (including phenoxy) is 1. The molecule has 1 heterocycles. The van der Waals surface area contributed by atoms with Crippen LogP contribution in [0, 0.1) is 0 Å². The van der Waals surface area contributed by atoms with Gasteiger partial charge in [0.1, 0.15) is 18.3 Å². The van der Waals surface area contributed by atoms with E-state index in [1.807, 2.05) is 6.07 Å². The zero-order valence-electron chi connectivity index (χ0n) is 12.2. The SMILES string of the molecule is CC(C)(C)OC(=O)C(=O)Cc1cccc(-n2cncn2)c1. The third-order valence-corrected chi connectivity index (χ3v) is 2.59. The summed E-state index contributed by atoms with van der Waals surface area (Å²) in [7, 11) is 0. The Hall–Kier alpha value is -2.50. The number of ketones is 1. The van der Waals surface area contributed by atoms with Crippen molar-refractivity contribution >= 4 is 11.8 Å². The Morgan fingerprint density at radius 1 is 1.29 bits per heavy atom. The molecule has 0 aliphatic heterocycles. The number of benzene rings is 1. The number of esters is 1. The van der Waals surface area contributed by atoms with Crippen LogP contribution in [-0.4, -0.2) is 32.1 Å². The van der Waals surface area contributed by atoms with Crippen LogP contribution in [0.15, 0.2) is 36.9 Å². The summed E-state index contributed by atoms with van der Waals surface area (Å²) in [4.78, 5) is 27.4. The third kappa shape index (κ3) is 4.24. The second-order valence-electron chi connectivity index (χ2n) is 5.61. The van der Waals surface area contributed by atoms with Crippen LogP contribution in [0.25, 0.3) is 5.69 Å². The minimum absolute atomic E-state index is 0.00253. The van der Waals surface area contributed by atoms with E-state index in [1.165, 1.54) is 6.33 Å². The van der Waals surface area contributed by atoms with Gasteiger partial charge < -0.3 is 4.74 Å². The van der Waals surface area contributed by atoms with Gasteiger partial charge in [-0.15, -0.1) is 0 Å². The second-order valence-corrected chi connectivity index (χ2v) is 5.61. The summed E-state index contributed by atoms with van der Waals surface area (Å²) in [6, 6.07) is 7.21. The van der Waals surface area contributed by atoms with E-state index in [2.05, 4.69) is 10.1 Å². The van der Waals surface area contributed by atoms with E-state index in [9.17, 15) is 9.59 Å². The number of nitrogens with zero attached hydrogens (tertiary/aromatic N) is 3. The van der Waals surface area contributed by atoms with Crippen molar-refractivity contribution in [3.05, 3.63) is 42.5 Å². The lowest BCUT2D eigenvalue weighted by atomic mass is 10.1. The number of carbonyl (C=O) groups excluding carboxylic acids is 2. The molecule has 0 spiro atoms. The Bertz CT molecular complexity index is 642. The first-order chi connectivity index (χ1) is 9.85. The Morgan fingerprint density at radius 3 is 2.67 bits per heavy atom. The lowest BCUT2D eigenvalue weighted by Crippen LogP contribution is -2.29. The Kier molecular flexibility index (Phi) is 4.16. The molecule has 0 saturated heterocycles. The van der Waals surface area contributed by atoms with Crippen molar-refractivity contribution in [3.8, 4) is 5.69 Å². The molecule has 0 amide bonds. The van der Waals surface area contributed by atoms with Gasteiger partial charge in [0.15, 0.2) is 0 Å². The van der Waals surface area contributed by atoms with Gasteiger partial charge in [-0.2, -0.15) is 5.10 Å². The first-order valence-corrected chi connectivity index (χ1v) is 6.55. The molecule has 0 unspecified atom stereocenters. The quantitative estimate of drug-likeness (QED) is 0.632. The molecule has 0 aliphatic carbocycles. The zero-order valence-corrected chi connectivity index (χ0v) is 12.2. The highest BCUT2D eigenvalue weighted by Crippen LogP contribution is 2.12. The molecule has 21 heavy (non-hydrogen) atoms. The van der Waals surface area contributed by atoms with Crippen LogP contribution in [-0.2, 0) is 20.7 Å². The lowest BCUT2D eigenvalue weighted by Gasteiger charge is -2.18. The van der Waals surface area contributed by atoms with Gasteiger partial charge in [0.25, 0.3) is 0 Å². The third-order valence-electron chi connectivity index (χ3n) is 2.59. The molecule has 110 valence electrons. The largest absolute Gasteiger partial charge is 0.454 e. The monoisotopic (exact) mass is 287 g/mol. The maximum atomic E-state index is 11.9. The second kappa shape index (κ2) is 5.87. The average molecular weight is 287 g/mol. The predicted molar refractivity (Wildman–Crippen MR) is 75.9 cm³/mol. The van der Waals surface area contributed by atoms with Gasteiger partial charge in [-0.25, -0.2) is 14.5 Å². The van der Waals surface area contributed by atoms with Crippen LogP contribution < -0.4 is 0 Å². The van der Waals surface area contributed by atoms with E-state index >= 15 is 0 Å². The number of aromatic nitrogens is 3. The summed E-state index contributed by atoms with van der Waals surface area (Å²) < 4.78 is 6.64. The molecular weight excluding hydrogens is 270 g/mol.